The fraction of sp³-hybridized carbons (Fsp3) is 0.542. The summed E-state index contributed by atoms with van der Waals surface area (Å²) in [5.74, 6) is -0.865. The summed E-state index contributed by atoms with van der Waals surface area (Å²) in [6.45, 7) is 4.50. The number of carbonyl (C=O) groups is 1. The minimum Gasteiger partial charge on any atom is -0.479 e. The first-order valence-corrected chi connectivity index (χ1v) is 10.3. The van der Waals surface area contributed by atoms with Crippen LogP contribution >= 0.6 is 0 Å². The maximum atomic E-state index is 10.8. The molecule has 0 amide bonds. The van der Waals surface area contributed by atoms with Gasteiger partial charge in [-0.3, -0.25) is 0 Å². The quantitative estimate of drug-likeness (QED) is 0.225. The van der Waals surface area contributed by atoms with E-state index >= 15 is 0 Å². The predicted octanol–water partition coefficient (Wildman–Crippen LogP) is 6.79. The summed E-state index contributed by atoms with van der Waals surface area (Å²) in [5.41, 5.74) is 0. The number of aliphatic carboxylic acids is 1. The summed E-state index contributed by atoms with van der Waals surface area (Å²) in [6.07, 6.45) is 29.9. The molecule has 0 aromatic heterocycles. The normalized spacial score (nSPS) is 13.9. The van der Waals surface area contributed by atoms with Crippen LogP contribution in [0, 0.1) is 0 Å². The molecule has 3 nitrogen and oxygen atoms in total. The van der Waals surface area contributed by atoms with Crippen LogP contribution < -0.4 is 0 Å². The van der Waals surface area contributed by atoms with Gasteiger partial charge in [-0.2, -0.15) is 0 Å². The van der Waals surface area contributed by atoms with Crippen molar-refractivity contribution in [2.24, 2.45) is 0 Å². The zero-order chi connectivity index (χ0) is 20.0. The minimum atomic E-state index is -0.865. The molecule has 1 N–H and O–H groups in total. The van der Waals surface area contributed by atoms with Gasteiger partial charge >= 0.3 is 5.97 Å². The van der Waals surface area contributed by atoms with Crippen LogP contribution in [-0.2, 0) is 9.53 Å². The van der Waals surface area contributed by atoms with Gasteiger partial charge in [-0.25, -0.2) is 4.79 Å². The van der Waals surface area contributed by atoms with E-state index in [-0.39, 0.29) is 0 Å². The highest BCUT2D eigenvalue weighted by atomic mass is 16.5. The lowest BCUT2D eigenvalue weighted by Crippen LogP contribution is -2.23. The first-order chi connectivity index (χ1) is 13.2. The highest BCUT2D eigenvalue weighted by molar-refractivity contribution is 5.72. The fourth-order valence-electron chi connectivity index (χ4n) is 2.32. The Kier molecular flexibility index (Phi) is 19.0. The van der Waals surface area contributed by atoms with Gasteiger partial charge in [-0.15, -0.1) is 0 Å². The van der Waals surface area contributed by atoms with Crippen molar-refractivity contribution in [3.8, 4) is 0 Å². The Bertz CT molecular complexity index is 484. The number of hydrogen-bond acceptors (Lipinski definition) is 2. The molecule has 0 aromatic carbocycles. The van der Waals surface area contributed by atoms with Crippen molar-refractivity contribution in [3.05, 3.63) is 60.8 Å². The van der Waals surface area contributed by atoms with Gasteiger partial charge in [0.1, 0.15) is 0 Å². The van der Waals surface area contributed by atoms with E-state index in [1.54, 1.807) is 0 Å². The van der Waals surface area contributed by atoms with Crippen molar-refractivity contribution in [2.75, 3.05) is 6.61 Å². The number of hydrogen-bond donors (Lipinski definition) is 1. The summed E-state index contributed by atoms with van der Waals surface area (Å²) in [4.78, 5) is 10.8. The molecule has 27 heavy (non-hydrogen) atoms. The Hall–Kier alpha value is -1.87. The summed E-state index contributed by atoms with van der Waals surface area (Å²) >= 11 is 0. The van der Waals surface area contributed by atoms with Crippen LogP contribution in [0.3, 0.4) is 0 Å². The Balaban J connectivity index is 3.51. The third-order valence-electron chi connectivity index (χ3n) is 3.89. The van der Waals surface area contributed by atoms with E-state index in [4.69, 9.17) is 9.84 Å². The number of carboxylic acids is 1. The van der Waals surface area contributed by atoms with E-state index in [1.807, 2.05) is 6.92 Å². The Labute approximate surface area is 166 Å². The molecule has 1 atom stereocenters. The van der Waals surface area contributed by atoms with Crippen LogP contribution in [0.25, 0.3) is 0 Å². The van der Waals surface area contributed by atoms with Gasteiger partial charge in [0.2, 0.25) is 0 Å². The zero-order valence-electron chi connectivity index (χ0n) is 17.2. The average molecular weight is 375 g/mol. The van der Waals surface area contributed by atoms with E-state index in [0.717, 1.165) is 51.4 Å². The fourth-order valence-corrected chi connectivity index (χ4v) is 2.32. The Morgan fingerprint density at radius 3 is 1.70 bits per heavy atom. The highest BCUT2D eigenvalue weighted by Gasteiger charge is 2.14. The Morgan fingerprint density at radius 2 is 1.26 bits per heavy atom. The molecule has 0 saturated carbocycles. The molecule has 0 heterocycles. The third-order valence-corrected chi connectivity index (χ3v) is 3.89. The molecule has 0 fully saturated rings. The number of carboxylic acid groups (broad SMARTS) is 1. The van der Waals surface area contributed by atoms with Gasteiger partial charge in [0, 0.05) is 6.61 Å². The number of allylic oxidation sites excluding steroid dienone is 10. The zero-order valence-corrected chi connectivity index (χ0v) is 17.2. The first kappa shape index (κ1) is 25.1. The summed E-state index contributed by atoms with van der Waals surface area (Å²) in [5, 5.41) is 8.87. The van der Waals surface area contributed by atoms with Crippen molar-refractivity contribution in [2.45, 2.75) is 77.7 Å². The third kappa shape index (κ3) is 18.7. The molecule has 0 radical (unpaired) electrons. The molecule has 0 aromatic rings. The van der Waals surface area contributed by atoms with Gasteiger partial charge in [0.05, 0.1) is 0 Å². The monoisotopic (exact) mass is 374 g/mol. The molecule has 0 bridgehead atoms. The van der Waals surface area contributed by atoms with Crippen LogP contribution in [-0.4, -0.2) is 23.8 Å². The second-order valence-corrected chi connectivity index (χ2v) is 6.31. The molecule has 0 rings (SSSR count). The molecule has 3 heteroatoms. The van der Waals surface area contributed by atoms with Gasteiger partial charge in [0.25, 0.3) is 0 Å². The molecular formula is C24H38O3. The van der Waals surface area contributed by atoms with E-state index in [0.29, 0.717) is 13.0 Å². The molecule has 152 valence electrons. The summed E-state index contributed by atoms with van der Waals surface area (Å²) in [6, 6.07) is 0. The molecule has 0 aliphatic carbocycles. The van der Waals surface area contributed by atoms with Gasteiger partial charge < -0.3 is 9.84 Å². The van der Waals surface area contributed by atoms with Crippen LogP contribution in [0.4, 0.5) is 0 Å². The molecule has 0 aliphatic rings. The second kappa shape index (κ2) is 20.4. The molecule has 0 saturated heterocycles. The topological polar surface area (TPSA) is 46.5 Å². The van der Waals surface area contributed by atoms with Crippen LogP contribution in [0.1, 0.15) is 71.6 Å². The average Bonchev–Trinajstić information content (AvgIpc) is 2.66. The summed E-state index contributed by atoms with van der Waals surface area (Å²) < 4.78 is 5.33. The van der Waals surface area contributed by atoms with E-state index in [1.165, 1.54) is 0 Å². The molecule has 0 spiro atoms. The predicted molar refractivity (Wildman–Crippen MR) is 116 cm³/mol. The van der Waals surface area contributed by atoms with E-state index < -0.39 is 12.1 Å². The maximum Gasteiger partial charge on any atom is 0.332 e. The van der Waals surface area contributed by atoms with Crippen LogP contribution in [0.5, 0.6) is 0 Å². The van der Waals surface area contributed by atoms with Crippen molar-refractivity contribution >= 4 is 5.97 Å². The SMILES string of the molecule is CCC=CCC=CCC=CCC=CCC=CCCCCO[C@@H](CC)C(=O)O. The largest absolute Gasteiger partial charge is 0.479 e. The lowest BCUT2D eigenvalue weighted by molar-refractivity contribution is -0.150. The first-order valence-electron chi connectivity index (χ1n) is 10.3. The van der Waals surface area contributed by atoms with Crippen molar-refractivity contribution in [1.29, 1.82) is 0 Å². The maximum absolute atomic E-state index is 10.8. The van der Waals surface area contributed by atoms with Crippen LogP contribution in [0.15, 0.2) is 60.8 Å². The van der Waals surface area contributed by atoms with E-state index in [9.17, 15) is 4.79 Å². The van der Waals surface area contributed by atoms with Gasteiger partial charge in [0.15, 0.2) is 6.10 Å². The Morgan fingerprint density at radius 1 is 0.778 bits per heavy atom. The number of ether oxygens (including phenoxy) is 1. The smallest absolute Gasteiger partial charge is 0.332 e. The highest BCUT2D eigenvalue weighted by Crippen LogP contribution is 2.03. The standard InChI is InChI=1S/C24H38O3/c1-3-5-6-7-8-9-10-11-12-13-14-15-16-17-18-19-20-21-22-27-23(4-2)24(25)26/h5-6,8-9,11-12,14-15,17-18,23H,3-4,7,10,13,16,19-22H2,1-2H3,(H,25,26)/t23-/m0/s1. The minimum absolute atomic E-state index is 0.518. The van der Waals surface area contributed by atoms with Crippen LogP contribution in [0.2, 0.25) is 0 Å². The lowest BCUT2D eigenvalue weighted by Gasteiger charge is -2.10. The lowest BCUT2D eigenvalue weighted by atomic mass is 10.2. The van der Waals surface area contributed by atoms with Crippen molar-refractivity contribution < 1.29 is 14.6 Å². The number of unbranched alkanes of at least 4 members (excludes halogenated alkanes) is 2. The molecular weight excluding hydrogens is 336 g/mol. The second-order valence-electron chi connectivity index (χ2n) is 6.31. The van der Waals surface area contributed by atoms with E-state index in [2.05, 4.69) is 67.7 Å². The molecule has 0 unspecified atom stereocenters. The van der Waals surface area contributed by atoms with Gasteiger partial charge in [-0.05, 0) is 57.8 Å². The van der Waals surface area contributed by atoms with Crippen molar-refractivity contribution in [1.82, 2.24) is 0 Å². The van der Waals surface area contributed by atoms with Crippen molar-refractivity contribution in [3.63, 3.8) is 0 Å². The summed E-state index contributed by atoms with van der Waals surface area (Å²) in [7, 11) is 0. The number of rotatable bonds is 17. The molecule has 0 aliphatic heterocycles. The van der Waals surface area contributed by atoms with Gasteiger partial charge in [-0.1, -0.05) is 74.6 Å².